The number of ether oxygens (including phenoxy) is 2. The number of rotatable bonds is 5. The van der Waals surface area contributed by atoms with E-state index in [9.17, 15) is 8.42 Å². The maximum atomic E-state index is 12.7. The summed E-state index contributed by atoms with van der Waals surface area (Å²) in [4.78, 5) is 4.52. The number of hydrogen-bond acceptors (Lipinski definition) is 8. The lowest BCUT2D eigenvalue weighted by atomic mass is 9.99. The fourth-order valence-electron chi connectivity index (χ4n) is 3.46. The summed E-state index contributed by atoms with van der Waals surface area (Å²) >= 11 is 0. The second kappa shape index (κ2) is 7.12. The van der Waals surface area contributed by atoms with Crippen molar-refractivity contribution < 1.29 is 22.4 Å². The summed E-state index contributed by atoms with van der Waals surface area (Å²) in [6.45, 7) is 1.06. The Bertz CT molecular complexity index is 919. The molecule has 4 rings (SSSR count). The van der Waals surface area contributed by atoms with Gasteiger partial charge >= 0.3 is 0 Å². The Hall–Kier alpha value is -2.13. The number of hydrogen-bond donors (Lipinski definition) is 1. The topological polar surface area (TPSA) is 118 Å². The highest BCUT2D eigenvalue weighted by Crippen LogP contribution is 2.35. The van der Waals surface area contributed by atoms with Crippen LogP contribution in [0.5, 0.6) is 11.5 Å². The summed E-state index contributed by atoms with van der Waals surface area (Å²) in [5.74, 6) is 1.66. The number of sulfone groups is 1. The molecule has 1 saturated carbocycles. The van der Waals surface area contributed by atoms with Gasteiger partial charge in [0.25, 0.3) is 0 Å². The third-order valence-electron chi connectivity index (χ3n) is 5.07. The third-order valence-corrected chi connectivity index (χ3v) is 6.79. The van der Waals surface area contributed by atoms with Crippen LogP contribution >= 0.6 is 0 Å². The molecule has 2 heterocycles. The Balaban J connectivity index is 1.46. The summed E-state index contributed by atoms with van der Waals surface area (Å²) < 4.78 is 41.7. The number of benzene rings is 1. The predicted molar refractivity (Wildman–Crippen MR) is 96.4 cm³/mol. The number of aromatic nitrogens is 2. The van der Waals surface area contributed by atoms with Crippen LogP contribution in [0.25, 0.3) is 0 Å². The van der Waals surface area contributed by atoms with Crippen LogP contribution in [-0.4, -0.2) is 37.5 Å². The molecule has 0 bridgehead atoms. The molecule has 1 aromatic carbocycles. The van der Waals surface area contributed by atoms with E-state index in [4.69, 9.17) is 19.7 Å². The third kappa shape index (κ3) is 3.79. The number of aryl methyl sites for hydroxylation is 1. The molecule has 1 aromatic heterocycles. The van der Waals surface area contributed by atoms with E-state index in [0.29, 0.717) is 36.4 Å². The molecule has 0 spiro atoms. The van der Waals surface area contributed by atoms with Crippen LogP contribution in [0.4, 0.5) is 0 Å². The standard InChI is InChI=1S/C18H23N3O5S/c19-18(7-1-2-8-18)17-20-16(26-21-17)6-11-27(22,23)13-4-5-14-15(12-13)25-10-3-9-24-14/h4-5,12H,1-3,6-11,19H2. The maximum absolute atomic E-state index is 12.7. The lowest BCUT2D eigenvalue weighted by Crippen LogP contribution is -2.34. The molecular formula is C18H23N3O5S. The van der Waals surface area contributed by atoms with Crippen LogP contribution in [0.15, 0.2) is 27.6 Å². The van der Waals surface area contributed by atoms with Crippen molar-refractivity contribution in [1.29, 1.82) is 0 Å². The highest BCUT2D eigenvalue weighted by atomic mass is 32.2. The Labute approximate surface area is 158 Å². The molecule has 0 amide bonds. The molecule has 1 aliphatic carbocycles. The Morgan fingerprint density at radius 2 is 1.81 bits per heavy atom. The van der Waals surface area contributed by atoms with E-state index in [1.165, 1.54) is 12.1 Å². The Morgan fingerprint density at radius 1 is 1.07 bits per heavy atom. The molecule has 146 valence electrons. The zero-order valence-corrected chi connectivity index (χ0v) is 15.8. The summed E-state index contributed by atoms with van der Waals surface area (Å²) in [7, 11) is -3.52. The first-order valence-electron chi connectivity index (χ1n) is 9.21. The lowest BCUT2D eigenvalue weighted by Gasteiger charge is -2.17. The molecule has 0 radical (unpaired) electrons. The fraction of sp³-hybridized carbons (Fsp3) is 0.556. The largest absolute Gasteiger partial charge is 0.490 e. The minimum atomic E-state index is -3.52. The van der Waals surface area contributed by atoms with Crippen LogP contribution in [-0.2, 0) is 21.8 Å². The smallest absolute Gasteiger partial charge is 0.227 e. The summed E-state index contributed by atoms with van der Waals surface area (Å²) in [6.07, 6.45) is 4.62. The van der Waals surface area contributed by atoms with E-state index in [-0.39, 0.29) is 17.1 Å². The minimum Gasteiger partial charge on any atom is -0.490 e. The molecule has 27 heavy (non-hydrogen) atoms. The van der Waals surface area contributed by atoms with Crippen LogP contribution in [0.3, 0.4) is 0 Å². The van der Waals surface area contributed by atoms with Crippen molar-refractivity contribution in [3.63, 3.8) is 0 Å². The van der Waals surface area contributed by atoms with Gasteiger partial charge in [-0.2, -0.15) is 4.98 Å². The zero-order valence-electron chi connectivity index (χ0n) is 15.0. The van der Waals surface area contributed by atoms with Gasteiger partial charge in [-0.05, 0) is 25.0 Å². The lowest BCUT2D eigenvalue weighted by molar-refractivity contribution is 0.297. The quantitative estimate of drug-likeness (QED) is 0.819. The van der Waals surface area contributed by atoms with Crippen LogP contribution < -0.4 is 15.2 Å². The Kier molecular flexibility index (Phi) is 4.81. The fourth-order valence-corrected chi connectivity index (χ4v) is 4.71. The van der Waals surface area contributed by atoms with Gasteiger partial charge in [-0.15, -0.1) is 0 Å². The zero-order chi connectivity index (χ0) is 18.9. The summed E-state index contributed by atoms with van der Waals surface area (Å²) in [6, 6.07) is 4.69. The second-order valence-electron chi connectivity index (χ2n) is 7.10. The van der Waals surface area contributed by atoms with E-state index in [2.05, 4.69) is 10.1 Å². The Morgan fingerprint density at radius 3 is 2.59 bits per heavy atom. The van der Waals surface area contributed by atoms with Crippen molar-refractivity contribution >= 4 is 9.84 Å². The number of fused-ring (bicyclic) bond motifs is 1. The molecule has 2 N–H and O–H groups in total. The first-order chi connectivity index (χ1) is 13.0. The molecule has 0 saturated heterocycles. The van der Waals surface area contributed by atoms with Crippen molar-refractivity contribution in [2.45, 2.75) is 49.0 Å². The van der Waals surface area contributed by atoms with E-state index in [1.54, 1.807) is 6.07 Å². The van der Waals surface area contributed by atoms with Gasteiger partial charge in [-0.25, -0.2) is 8.42 Å². The van der Waals surface area contributed by atoms with E-state index >= 15 is 0 Å². The van der Waals surface area contributed by atoms with Gasteiger partial charge in [0.2, 0.25) is 5.89 Å². The highest BCUT2D eigenvalue weighted by molar-refractivity contribution is 7.91. The van der Waals surface area contributed by atoms with Gasteiger partial charge < -0.3 is 19.7 Å². The van der Waals surface area contributed by atoms with Gasteiger partial charge in [0.05, 0.1) is 29.4 Å². The van der Waals surface area contributed by atoms with Crippen molar-refractivity contribution in [3.05, 3.63) is 29.9 Å². The summed E-state index contributed by atoms with van der Waals surface area (Å²) in [5.41, 5.74) is 5.77. The first kappa shape index (κ1) is 18.2. The molecule has 2 aliphatic rings. The van der Waals surface area contributed by atoms with E-state index in [0.717, 1.165) is 32.1 Å². The van der Waals surface area contributed by atoms with Crippen molar-refractivity contribution in [2.75, 3.05) is 19.0 Å². The van der Waals surface area contributed by atoms with Gasteiger partial charge in [-0.1, -0.05) is 18.0 Å². The molecule has 1 fully saturated rings. The number of nitrogens with zero attached hydrogens (tertiary/aromatic N) is 2. The SMILES string of the molecule is NC1(c2noc(CCS(=O)(=O)c3ccc4c(c3)OCCCO4)n2)CCCC1. The van der Waals surface area contributed by atoms with Crippen LogP contribution in [0.1, 0.15) is 43.8 Å². The van der Waals surface area contributed by atoms with Crippen LogP contribution in [0.2, 0.25) is 0 Å². The molecular weight excluding hydrogens is 370 g/mol. The molecule has 2 aromatic rings. The van der Waals surface area contributed by atoms with Crippen molar-refractivity contribution in [2.24, 2.45) is 5.73 Å². The predicted octanol–water partition coefficient (Wildman–Crippen LogP) is 1.98. The molecule has 0 atom stereocenters. The highest BCUT2D eigenvalue weighted by Gasteiger charge is 2.36. The van der Waals surface area contributed by atoms with Crippen molar-refractivity contribution in [3.8, 4) is 11.5 Å². The summed E-state index contributed by atoms with van der Waals surface area (Å²) in [5, 5.41) is 3.97. The second-order valence-corrected chi connectivity index (χ2v) is 9.21. The minimum absolute atomic E-state index is 0.133. The van der Waals surface area contributed by atoms with Crippen LogP contribution in [0, 0.1) is 0 Å². The van der Waals surface area contributed by atoms with Gasteiger partial charge in [0.1, 0.15) is 0 Å². The average molecular weight is 393 g/mol. The monoisotopic (exact) mass is 393 g/mol. The van der Waals surface area contributed by atoms with Gasteiger partial charge in [0.15, 0.2) is 27.2 Å². The maximum Gasteiger partial charge on any atom is 0.227 e. The van der Waals surface area contributed by atoms with E-state index in [1.807, 2.05) is 0 Å². The number of nitrogens with two attached hydrogens (primary N) is 1. The first-order valence-corrected chi connectivity index (χ1v) is 10.9. The normalized spacial score (nSPS) is 19.0. The molecule has 1 aliphatic heterocycles. The molecule has 9 heteroatoms. The average Bonchev–Trinajstić information content (AvgIpc) is 3.24. The van der Waals surface area contributed by atoms with Crippen molar-refractivity contribution in [1.82, 2.24) is 10.1 Å². The van der Waals surface area contributed by atoms with Gasteiger partial charge in [-0.3, -0.25) is 0 Å². The molecule has 8 nitrogen and oxygen atoms in total. The van der Waals surface area contributed by atoms with Gasteiger partial charge in [0, 0.05) is 18.9 Å². The molecule has 0 unspecified atom stereocenters. The van der Waals surface area contributed by atoms with E-state index < -0.39 is 15.4 Å².